The van der Waals surface area contributed by atoms with E-state index < -0.39 is 47.1 Å². The van der Waals surface area contributed by atoms with Crippen LogP contribution < -0.4 is 21.1 Å². The molecule has 0 aliphatic carbocycles. The summed E-state index contributed by atoms with van der Waals surface area (Å²) < 4.78 is 41.2. The summed E-state index contributed by atoms with van der Waals surface area (Å²) in [7, 11) is 0. The highest BCUT2D eigenvalue weighted by Gasteiger charge is 2.37. The lowest BCUT2D eigenvalue weighted by atomic mass is 9.85. The van der Waals surface area contributed by atoms with Gasteiger partial charge in [0.15, 0.2) is 0 Å². The number of carbonyl (C=O) groups excluding carboxylic acids is 3. The number of halogens is 2. The predicted molar refractivity (Wildman–Crippen MR) is 178 cm³/mol. The Kier molecular flexibility index (Phi) is 10.5. The molecule has 258 valence electrons. The molecular weight excluding hydrogens is 632 g/mol. The van der Waals surface area contributed by atoms with Gasteiger partial charge in [-0.05, 0) is 87.9 Å². The van der Waals surface area contributed by atoms with E-state index in [1.807, 2.05) is 11.0 Å². The first-order chi connectivity index (χ1) is 23.3. The Morgan fingerprint density at radius 2 is 1.80 bits per heavy atom. The second-order valence-electron chi connectivity index (χ2n) is 13.5. The first kappa shape index (κ1) is 35.3. The van der Waals surface area contributed by atoms with E-state index in [1.165, 1.54) is 17.0 Å². The molecule has 2 aliphatic rings. The zero-order valence-corrected chi connectivity index (χ0v) is 27.9. The molecule has 2 amide bonds. The first-order valence-electron chi connectivity index (χ1n) is 16.3. The zero-order valence-electron chi connectivity index (χ0n) is 27.9. The summed E-state index contributed by atoms with van der Waals surface area (Å²) in [6.07, 6.45) is 1.30. The van der Waals surface area contributed by atoms with Crippen LogP contribution in [-0.4, -0.2) is 47.4 Å². The van der Waals surface area contributed by atoms with Gasteiger partial charge in [-0.1, -0.05) is 18.2 Å². The lowest BCUT2D eigenvalue weighted by Crippen LogP contribution is -2.45. The lowest BCUT2D eigenvalue weighted by Gasteiger charge is -2.36. The molecule has 0 radical (unpaired) electrons. The third-order valence-corrected chi connectivity index (χ3v) is 9.01. The molecule has 3 aromatic carbocycles. The number of fused-ring (bicyclic) bond motifs is 1. The number of primary amides is 1. The van der Waals surface area contributed by atoms with Crippen molar-refractivity contribution in [3.05, 3.63) is 94.0 Å². The van der Waals surface area contributed by atoms with Gasteiger partial charge in [0.2, 0.25) is 5.91 Å². The molecule has 0 bridgehead atoms. The van der Waals surface area contributed by atoms with Gasteiger partial charge in [0.1, 0.15) is 35.6 Å². The summed E-state index contributed by atoms with van der Waals surface area (Å²) in [5.41, 5.74) is 14.1. The summed E-state index contributed by atoms with van der Waals surface area (Å²) in [5, 5.41) is 9.00. The van der Waals surface area contributed by atoms with Gasteiger partial charge in [0.25, 0.3) is 5.91 Å². The fraction of sp³-hybridized carbons (Fsp3) is 0.405. The van der Waals surface area contributed by atoms with Gasteiger partial charge in [-0.25, -0.2) is 8.78 Å². The predicted octanol–water partition coefficient (Wildman–Crippen LogP) is 5.26. The monoisotopic (exact) mass is 673 g/mol. The summed E-state index contributed by atoms with van der Waals surface area (Å²) in [5.74, 6) is -2.12. The number of hydrogen-bond acceptors (Lipinski definition) is 8. The second kappa shape index (κ2) is 14.6. The van der Waals surface area contributed by atoms with E-state index in [1.54, 1.807) is 63.2 Å². The van der Waals surface area contributed by atoms with Gasteiger partial charge in [0, 0.05) is 42.2 Å². The van der Waals surface area contributed by atoms with Gasteiger partial charge in [-0.3, -0.25) is 14.4 Å². The normalized spacial score (nSPS) is 16.1. The third kappa shape index (κ3) is 8.17. The highest BCUT2D eigenvalue weighted by molar-refractivity contribution is 6.01. The minimum Gasteiger partial charge on any atom is -0.488 e. The Morgan fingerprint density at radius 3 is 2.43 bits per heavy atom. The average Bonchev–Trinajstić information content (AvgIpc) is 3.39. The first-order valence-corrected chi connectivity index (χ1v) is 16.3. The maximum absolute atomic E-state index is 15.4. The van der Waals surface area contributed by atoms with Crippen molar-refractivity contribution in [3.63, 3.8) is 0 Å². The Bertz CT molecular complexity index is 1780. The van der Waals surface area contributed by atoms with Crippen molar-refractivity contribution in [1.82, 2.24) is 4.90 Å². The SMILES string of the molecule is CC(C)(C)OC(=O)CC[C@@H](C(N)=O)N1Cc2c(OCc3ccc([C@@H](N)C4CCN(c5ccc(C#N)cc5F)CC4)cc3F)cccc2C1=O. The number of nitrogens with two attached hydrogens (primary N) is 2. The third-order valence-electron chi connectivity index (χ3n) is 9.01. The van der Waals surface area contributed by atoms with Crippen molar-refractivity contribution in [2.24, 2.45) is 17.4 Å². The number of ether oxygens (including phenoxy) is 2. The number of rotatable bonds is 11. The van der Waals surface area contributed by atoms with Crippen LogP contribution in [0, 0.1) is 28.9 Å². The summed E-state index contributed by atoms with van der Waals surface area (Å²) >= 11 is 0. The number of esters is 1. The standard InChI is InChI=1S/C37H41F2N5O5/c1-37(2,3)49-33(45)12-11-31(35(42)46)44-20-27-26(36(44)47)5-4-6-32(27)48-21-25-9-8-24(18-28(25)38)34(41)23-13-15-43(16-14-23)30-10-7-22(19-40)17-29(30)39/h4-10,17-18,23,31,34H,11-16,20-21,41H2,1-3H3,(H2,42,46)/t31-,34-/m0/s1. The molecular formula is C37H41F2N5O5. The van der Waals surface area contributed by atoms with E-state index in [9.17, 15) is 18.8 Å². The van der Waals surface area contributed by atoms with Gasteiger partial charge in [0.05, 0.1) is 23.9 Å². The number of amides is 2. The van der Waals surface area contributed by atoms with Crippen molar-refractivity contribution in [3.8, 4) is 11.8 Å². The second-order valence-corrected chi connectivity index (χ2v) is 13.5. The van der Waals surface area contributed by atoms with Gasteiger partial charge in [-0.2, -0.15) is 5.26 Å². The summed E-state index contributed by atoms with van der Waals surface area (Å²) in [4.78, 5) is 41.2. The highest BCUT2D eigenvalue weighted by Crippen LogP contribution is 2.35. The molecule has 4 N–H and O–H groups in total. The molecule has 49 heavy (non-hydrogen) atoms. The smallest absolute Gasteiger partial charge is 0.306 e. The lowest BCUT2D eigenvalue weighted by molar-refractivity contribution is -0.155. The number of carbonyl (C=O) groups is 3. The molecule has 2 aliphatic heterocycles. The van der Waals surface area contributed by atoms with E-state index >= 15 is 4.39 Å². The number of nitriles is 1. The number of piperidine rings is 1. The van der Waals surface area contributed by atoms with Gasteiger partial charge < -0.3 is 30.7 Å². The van der Waals surface area contributed by atoms with E-state index in [2.05, 4.69) is 0 Å². The van der Waals surface area contributed by atoms with Crippen molar-refractivity contribution < 1.29 is 32.6 Å². The number of benzene rings is 3. The summed E-state index contributed by atoms with van der Waals surface area (Å²) in [6, 6.07) is 14.7. The minimum absolute atomic E-state index is 0.00859. The average molecular weight is 674 g/mol. The van der Waals surface area contributed by atoms with Crippen LogP contribution in [0.5, 0.6) is 5.75 Å². The van der Waals surface area contributed by atoms with E-state index in [4.69, 9.17) is 26.2 Å². The molecule has 5 rings (SSSR count). The fourth-order valence-electron chi connectivity index (χ4n) is 6.46. The quantitative estimate of drug-likeness (QED) is 0.262. The maximum Gasteiger partial charge on any atom is 0.306 e. The Morgan fingerprint density at radius 1 is 1.06 bits per heavy atom. The van der Waals surface area contributed by atoms with E-state index in [0.29, 0.717) is 59.6 Å². The van der Waals surface area contributed by atoms with Crippen LogP contribution in [0.2, 0.25) is 0 Å². The van der Waals surface area contributed by atoms with Crippen molar-refractivity contribution in [2.75, 3.05) is 18.0 Å². The fourth-order valence-corrected chi connectivity index (χ4v) is 6.46. The van der Waals surface area contributed by atoms with Gasteiger partial charge >= 0.3 is 5.97 Å². The van der Waals surface area contributed by atoms with Crippen LogP contribution >= 0.6 is 0 Å². The molecule has 0 spiro atoms. The number of hydrogen-bond donors (Lipinski definition) is 2. The molecule has 0 aromatic heterocycles. The molecule has 10 nitrogen and oxygen atoms in total. The molecule has 2 heterocycles. The van der Waals surface area contributed by atoms with E-state index in [-0.39, 0.29) is 37.5 Å². The van der Waals surface area contributed by atoms with Crippen LogP contribution in [0.4, 0.5) is 14.5 Å². The summed E-state index contributed by atoms with van der Waals surface area (Å²) in [6.45, 7) is 6.32. The van der Waals surface area contributed by atoms with Crippen LogP contribution in [0.3, 0.4) is 0 Å². The largest absolute Gasteiger partial charge is 0.488 e. The van der Waals surface area contributed by atoms with Crippen molar-refractivity contribution in [1.29, 1.82) is 5.26 Å². The van der Waals surface area contributed by atoms with Crippen LogP contribution in [0.1, 0.15) is 85.1 Å². The van der Waals surface area contributed by atoms with Crippen molar-refractivity contribution in [2.45, 2.75) is 77.3 Å². The topological polar surface area (TPSA) is 152 Å². The molecule has 0 saturated carbocycles. The van der Waals surface area contributed by atoms with Crippen LogP contribution in [0.25, 0.3) is 0 Å². The zero-order chi connectivity index (χ0) is 35.5. The van der Waals surface area contributed by atoms with E-state index in [0.717, 1.165) is 0 Å². The Balaban J connectivity index is 1.19. The molecule has 1 saturated heterocycles. The molecule has 2 atom stereocenters. The Labute approximate surface area is 284 Å². The minimum atomic E-state index is -1.03. The number of anilines is 1. The molecule has 1 fully saturated rings. The van der Waals surface area contributed by atoms with Crippen LogP contribution in [-0.2, 0) is 27.5 Å². The Hall–Kier alpha value is -5.02. The molecule has 3 aromatic rings. The molecule has 0 unspecified atom stereocenters. The van der Waals surface area contributed by atoms with Crippen molar-refractivity contribution >= 4 is 23.5 Å². The maximum atomic E-state index is 15.4. The highest BCUT2D eigenvalue weighted by atomic mass is 19.1. The van der Waals surface area contributed by atoms with Crippen LogP contribution in [0.15, 0.2) is 54.6 Å². The number of nitrogens with zero attached hydrogens (tertiary/aromatic N) is 3. The molecule has 12 heteroatoms. The van der Waals surface area contributed by atoms with Gasteiger partial charge in [-0.15, -0.1) is 0 Å².